The Kier molecular flexibility index (Phi) is 16.6. The summed E-state index contributed by atoms with van der Waals surface area (Å²) in [5, 5.41) is 8.45. The number of carbonyl (C=O) groups is 4. The molecular formula is C20H26N6O8. The zero-order valence-electron chi connectivity index (χ0n) is 18.7. The molecule has 0 fully saturated rings. The molecule has 0 aliphatic rings. The van der Waals surface area contributed by atoms with E-state index in [0.717, 1.165) is 39.9 Å². The van der Waals surface area contributed by atoms with Crippen molar-refractivity contribution in [3.05, 3.63) is 24.3 Å². The fourth-order valence-corrected chi connectivity index (χ4v) is 2.12. The molecule has 6 amide bonds. The van der Waals surface area contributed by atoms with Crippen molar-refractivity contribution >= 4 is 47.8 Å². The molecule has 1 rings (SSSR count). The summed E-state index contributed by atoms with van der Waals surface area (Å²) in [6.07, 6.45) is 4.92. The van der Waals surface area contributed by atoms with Crippen molar-refractivity contribution in [2.24, 2.45) is 9.98 Å². The van der Waals surface area contributed by atoms with E-state index in [4.69, 9.17) is 0 Å². The van der Waals surface area contributed by atoms with Gasteiger partial charge in [-0.05, 0) is 25.0 Å². The predicted molar refractivity (Wildman–Crippen MR) is 120 cm³/mol. The van der Waals surface area contributed by atoms with Crippen molar-refractivity contribution in [3.63, 3.8) is 0 Å². The van der Waals surface area contributed by atoms with Gasteiger partial charge >= 0.3 is 24.2 Å². The van der Waals surface area contributed by atoms with Crippen molar-refractivity contribution in [1.29, 1.82) is 0 Å². The Bertz CT molecular complexity index is 837. The van der Waals surface area contributed by atoms with Gasteiger partial charge in [0.25, 0.3) is 0 Å². The molecule has 0 atom stereocenters. The van der Waals surface area contributed by atoms with Crippen LogP contribution in [0.2, 0.25) is 0 Å². The highest BCUT2D eigenvalue weighted by Crippen LogP contribution is 2.20. The van der Waals surface area contributed by atoms with Gasteiger partial charge in [0, 0.05) is 0 Å². The van der Waals surface area contributed by atoms with Gasteiger partial charge in [-0.2, -0.15) is 0 Å². The van der Waals surface area contributed by atoms with Gasteiger partial charge in [-0.3, -0.25) is 0 Å². The third-order valence-electron chi connectivity index (χ3n) is 3.64. The number of methoxy groups -OCH3 is 2. The normalized spacial score (nSPS) is 8.88. The van der Waals surface area contributed by atoms with E-state index in [1.165, 1.54) is 24.3 Å². The number of amides is 6. The number of imide groups is 2. The minimum absolute atomic E-state index is 0.198. The number of carbonyl (C=O) groups excluding carboxylic acids is 6. The van der Waals surface area contributed by atoms with Gasteiger partial charge in [-0.1, -0.05) is 25.0 Å². The number of hydrogen-bond acceptors (Lipinski definition) is 10. The summed E-state index contributed by atoms with van der Waals surface area (Å²) in [4.78, 5) is 70.9. The Balaban J connectivity index is 0.000000770. The second kappa shape index (κ2) is 19.2. The lowest BCUT2D eigenvalue weighted by molar-refractivity contribution is 0.170. The minimum atomic E-state index is -0.939. The Labute approximate surface area is 195 Å². The van der Waals surface area contributed by atoms with E-state index >= 15 is 0 Å². The summed E-state index contributed by atoms with van der Waals surface area (Å²) >= 11 is 0. The molecule has 1 aromatic carbocycles. The quantitative estimate of drug-likeness (QED) is 0.236. The van der Waals surface area contributed by atoms with Crippen molar-refractivity contribution in [3.8, 4) is 0 Å². The fourth-order valence-electron chi connectivity index (χ4n) is 2.12. The van der Waals surface area contributed by atoms with Crippen LogP contribution in [-0.4, -0.2) is 63.7 Å². The molecule has 0 heterocycles. The van der Waals surface area contributed by atoms with Gasteiger partial charge < -0.3 is 20.1 Å². The van der Waals surface area contributed by atoms with E-state index < -0.39 is 24.2 Å². The lowest BCUT2D eigenvalue weighted by Crippen LogP contribution is -2.36. The summed E-state index contributed by atoms with van der Waals surface area (Å²) in [5.41, 5.74) is 0.396. The number of para-hydroxylation sites is 2. The van der Waals surface area contributed by atoms with Crippen LogP contribution in [-0.2, 0) is 19.1 Å². The number of urea groups is 2. The molecule has 0 saturated heterocycles. The SMILES string of the molecule is COC(=O)NC(=O)Nc1ccccc1NC(=O)NC(=O)OC.O=C=NCCCCCCN=C=O. The molecule has 0 unspecified atom stereocenters. The number of benzene rings is 1. The van der Waals surface area contributed by atoms with Crippen LogP contribution in [0.4, 0.5) is 30.6 Å². The molecule has 14 nitrogen and oxygen atoms in total. The number of nitrogens with one attached hydrogen (secondary N) is 4. The largest absolute Gasteiger partial charge is 0.453 e. The van der Waals surface area contributed by atoms with Crippen molar-refractivity contribution in [2.75, 3.05) is 37.9 Å². The van der Waals surface area contributed by atoms with Crippen molar-refractivity contribution < 1.29 is 38.2 Å². The molecule has 0 radical (unpaired) electrons. The molecule has 0 spiro atoms. The average Bonchev–Trinajstić information content (AvgIpc) is 2.82. The Morgan fingerprint density at radius 3 is 1.44 bits per heavy atom. The Morgan fingerprint density at radius 2 is 1.12 bits per heavy atom. The van der Waals surface area contributed by atoms with Crippen LogP contribution >= 0.6 is 0 Å². The number of aliphatic imine (C=N–C) groups is 2. The average molecular weight is 478 g/mol. The molecule has 0 aromatic heterocycles. The Hall–Kier alpha value is -4.54. The first-order valence-electron chi connectivity index (χ1n) is 9.86. The number of rotatable bonds is 9. The van der Waals surface area contributed by atoms with E-state index in [9.17, 15) is 28.8 Å². The first-order valence-corrected chi connectivity index (χ1v) is 9.86. The van der Waals surface area contributed by atoms with E-state index in [1.807, 2.05) is 10.6 Å². The highest BCUT2D eigenvalue weighted by Gasteiger charge is 2.13. The lowest BCUT2D eigenvalue weighted by Gasteiger charge is -2.12. The van der Waals surface area contributed by atoms with E-state index in [1.54, 1.807) is 12.1 Å². The summed E-state index contributed by atoms with van der Waals surface area (Å²) in [6, 6.07) is 4.44. The number of isocyanates is 2. The molecule has 1 aromatic rings. The minimum Gasteiger partial charge on any atom is -0.453 e. The molecule has 0 bridgehead atoms. The third-order valence-corrected chi connectivity index (χ3v) is 3.64. The lowest BCUT2D eigenvalue weighted by atomic mass is 10.2. The Morgan fingerprint density at radius 1 is 0.735 bits per heavy atom. The van der Waals surface area contributed by atoms with Gasteiger partial charge in [0.15, 0.2) is 0 Å². The molecule has 14 heteroatoms. The second-order valence-corrected chi connectivity index (χ2v) is 6.05. The van der Waals surface area contributed by atoms with Gasteiger partial charge in [0.2, 0.25) is 12.2 Å². The second-order valence-electron chi connectivity index (χ2n) is 6.05. The van der Waals surface area contributed by atoms with E-state index in [2.05, 4.69) is 30.1 Å². The van der Waals surface area contributed by atoms with Crippen LogP contribution in [0.3, 0.4) is 0 Å². The highest BCUT2D eigenvalue weighted by molar-refractivity contribution is 6.04. The zero-order valence-corrected chi connectivity index (χ0v) is 18.7. The maximum absolute atomic E-state index is 11.5. The monoisotopic (exact) mass is 478 g/mol. The van der Waals surface area contributed by atoms with E-state index in [-0.39, 0.29) is 11.4 Å². The van der Waals surface area contributed by atoms with Gasteiger partial charge in [-0.15, -0.1) is 0 Å². The van der Waals surface area contributed by atoms with Crippen LogP contribution in [0, 0.1) is 0 Å². The van der Waals surface area contributed by atoms with Crippen LogP contribution < -0.4 is 21.3 Å². The zero-order chi connectivity index (χ0) is 25.6. The van der Waals surface area contributed by atoms with Crippen LogP contribution in [0.25, 0.3) is 0 Å². The standard InChI is InChI=1S/C12H14N4O6.C8H12N2O2/c1-21-11(19)15-9(17)13-7-5-3-4-6-8(7)14-10(18)16-12(20)22-2;11-7-9-5-3-1-2-4-6-10-8-12/h3-6H,1-2H3,(H2,13,15,17,19)(H2,14,16,18,20);1-6H2. The number of anilines is 2. The van der Waals surface area contributed by atoms with Crippen LogP contribution in [0.1, 0.15) is 25.7 Å². The molecule has 0 aliphatic heterocycles. The van der Waals surface area contributed by atoms with E-state index in [0.29, 0.717) is 13.1 Å². The summed E-state index contributed by atoms with van der Waals surface area (Å²) in [5.74, 6) is 0. The molecule has 34 heavy (non-hydrogen) atoms. The first kappa shape index (κ1) is 29.5. The maximum atomic E-state index is 11.5. The van der Waals surface area contributed by atoms with Gasteiger partial charge in [0.05, 0.1) is 38.7 Å². The summed E-state index contributed by atoms with van der Waals surface area (Å²) < 4.78 is 8.53. The third kappa shape index (κ3) is 15.3. The maximum Gasteiger partial charge on any atom is 0.415 e. The molecular weight excluding hydrogens is 452 g/mol. The fraction of sp³-hybridized carbons (Fsp3) is 0.400. The van der Waals surface area contributed by atoms with Crippen molar-refractivity contribution in [2.45, 2.75) is 25.7 Å². The molecule has 184 valence electrons. The number of hydrogen-bond donors (Lipinski definition) is 4. The molecule has 0 aliphatic carbocycles. The summed E-state index contributed by atoms with van der Waals surface area (Å²) in [7, 11) is 2.21. The summed E-state index contributed by atoms with van der Waals surface area (Å²) in [6.45, 7) is 1.11. The molecule has 0 saturated carbocycles. The highest BCUT2D eigenvalue weighted by atomic mass is 16.5. The topological polar surface area (TPSA) is 194 Å². The van der Waals surface area contributed by atoms with Gasteiger partial charge in [0.1, 0.15) is 0 Å². The van der Waals surface area contributed by atoms with Crippen LogP contribution in [0.15, 0.2) is 34.3 Å². The molecule has 4 N–H and O–H groups in total. The van der Waals surface area contributed by atoms with Crippen LogP contribution in [0.5, 0.6) is 0 Å². The predicted octanol–water partition coefficient (Wildman–Crippen LogP) is 2.68. The number of alkyl carbamates (subject to hydrolysis) is 2. The number of unbranched alkanes of at least 4 members (excludes halogenated alkanes) is 3. The van der Waals surface area contributed by atoms with Crippen molar-refractivity contribution in [1.82, 2.24) is 10.6 Å². The number of nitrogens with zero attached hydrogens (tertiary/aromatic N) is 2. The number of ether oxygens (including phenoxy) is 2. The van der Waals surface area contributed by atoms with Gasteiger partial charge in [-0.25, -0.2) is 49.4 Å². The smallest absolute Gasteiger partial charge is 0.415 e. The first-order chi connectivity index (χ1) is 16.4.